The van der Waals surface area contributed by atoms with Gasteiger partial charge in [-0.3, -0.25) is 0 Å². The highest BCUT2D eigenvalue weighted by Gasteiger charge is 1.99. The maximum Gasteiger partial charge on any atom is 0.0966 e. The van der Waals surface area contributed by atoms with Crippen LogP contribution in [0, 0.1) is 0 Å². The molecule has 0 spiro atoms. The molecule has 0 heterocycles. The van der Waals surface area contributed by atoms with Gasteiger partial charge in [0.25, 0.3) is 0 Å². The third-order valence-corrected chi connectivity index (χ3v) is 1.32. The minimum atomic E-state index is 0.413. The molecule has 1 nitrogen and oxygen atoms in total. The first-order valence-corrected chi connectivity index (χ1v) is 3.20. The van der Waals surface area contributed by atoms with Crippen molar-refractivity contribution in [2.75, 3.05) is 0 Å². The zero-order valence-corrected chi connectivity index (χ0v) is 5.75. The lowest BCUT2D eigenvalue weighted by Gasteiger charge is -2.03. The van der Waals surface area contributed by atoms with Crippen molar-refractivity contribution < 1.29 is 5.11 Å². The standard InChI is InChI=1S/C9H10O/c1-2-4-8-5-3-6-9(10)7-8/h2-6,10H,1,7H2/b8-4-. The van der Waals surface area contributed by atoms with E-state index >= 15 is 0 Å². The zero-order valence-electron chi connectivity index (χ0n) is 5.75. The lowest BCUT2D eigenvalue weighted by molar-refractivity contribution is 0.398. The summed E-state index contributed by atoms with van der Waals surface area (Å²) in [6.45, 7) is 3.57. The normalized spacial score (nSPS) is 20.8. The van der Waals surface area contributed by atoms with E-state index < -0.39 is 0 Å². The molecule has 0 aromatic rings. The summed E-state index contributed by atoms with van der Waals surface area (Å²) in [5, 5.41) is 9.04. The minimum absolute atomic E-state index is 0.413. The molecule has 0 bridgehead atoms. The molecule has 0 amide bonds. The first kappa shape index (κ1) is 6.87. The van der Waals surface area contributed by atoms with Gasteiger partial charge < -0.3 is 5.11 Å². The smallest absolute Gasteiger partial charge is 0.0966 e. The van der Waals surface area contributed by atoms with Crippen LogP contribution in [0.15, 0.2) is 48.3 Å². The van der Waals surface area contributed by atoms with E-state index in [1.54, 1.807) is 12.2 Å². The fourth-order valence-corrected chi connectivity index (χ4v) is 0.876. The Morgan fingerprint density at radius 1 is 1.60 bits per heavy atom. The van der Waals surface area contributed by atoms with Crippen LogP contribution >= 0.6 is 0 Å². The molecule has 1 N–H and O–H groups in total. The van der Waals surface area contributed by atoms with Gasteiger partial charge in [0.2, 0.25) is 0 Å². The monoisotopic (exact) mass is 134 g/mol. The second kappa shape index (κ2) is 3.06. The molecule has 0 unspecified atom stereocenters. The van der Waals surface area contributed by atoms with Crippen molar-refractivity contribution in [3.63, 3.8) is 0 Å². The van der Waals surface area contributed by atoms with E-state index in [0.29, 0.717) is 12.2 Å². The van der Waals surface area contributed by atoms with Crippen LogP contribution in [-0.4, -0.2) is 5.11 Å². The van der Waals surface area contributed by atoms with E-state index in [1.165, 1.54) is 0 Å². The molecule has 1 rings (SSSR count). The SMILES string of the molecule is C=C/C=C1/C=CC=C(O)C1. The van der Waals surface area contributed by atoms with E-state index in [9.17, 15) is 0 Å². The van der Waals surface area contributed by atoms with Gasteiger partial charge in [-0.2, -0.15) is 0 Å². The number of aliphatic hydroxyl groups excluding tert-OH is 1. The third-order valence-electron chi connectivity index (χ3n) is 1.32. The van der Waals surface area contributed by atoms with Crippen molar-refractivity contribution in [2.24, 2.45) is 0 Å². The summed E-state index contributed by atoms with van der Waals surface area (Å²) in [6.07, 6.45) is 9.72. The van der Waals surface area contributed by atoms with Gasteiger partial charge in [-0.05, 0) is 11.6 Å². The maximum atomic E-state index is 9.04. The summed E-state index contributed by atoms with van der Waals surface area (Å²) < 4.78 is 0. The molecule has 0 aromatic heterocycles. The second-order valence-electron chi connectivity index (χ2n) is 2.17. The Kier molecular flexibility index (Phi) is 2.11. The van der Waals surface area contributed by atoms with Crippen LogP contribution in [0.3, 0.4) is 0 Å². The number of aliphatic hydroxyl groups is 1. The molecule has 52 valence electrons. The van der Waals surface area contributed by atoms with Gasteiger partial charge >= 0.3 is 0 Å². The molecule has 0 aromatic carbocycles. The first-order chi connectivity index (χ1) is 4.83. The summed E-state index contributed by atoms with van der Waals surface area (Å²) >= 11 is 0. The van der Waals surface area contributed by atoms with Gasteiger partial charge in [-0.15, -0.1) is 0 Å². The van der Waals surface area contributed by atoms with Crippen LogP contribution in [-0.2, 0) is 0 Å². The van der Waals surface area contributed by atoms with Gasteiger partial charge in [-0.25, -0.2) is 0 Å². The molecule has 0 atom stereocenters. The summed E-state index contributed by atoms with van der Waals surface area (Å²) in [4.78, 5) is 0. The molecule has 0 aliphatic heterocycles. The average molecular weight is 134 g/mol. The highest BCUT2D eigenvalue weighted by Crippen LogP contribution is 2.14. The van der Waals surface area contributed by atoms with Gasteiger partial charge in [-0.1, -0.05) is 30.9 Å². The molecule has 0 saturated carbocycles. The topological polar surface area (TPSA) is 20.2 Å². The van der Waals surface area contributed by atoms with Crippen molar-refractivity contribution in [1.29, 1.82) is 0 Å². The number of hydrogen-bond donors (Lipinski definition) is 1. The highest BCUT2D eigenvalue weighted by molar-refractivity contribution is 5.33. The van der Waals surface area contributed by atoms with Crippen LogP contribution in [0.2, 0.25) is 0 Å². The lowest BCUT2D eigenvalue weighted by atomic mass is 10.1. The zero-order chi connectivity index (χ0) is 7.40. The quantitative estimate of drug-likeness (QED) is 0.584. The van der Waals surface area contributed by atoms with Crippen LogP contribution < -0.4 is 0 Å². The van der Waals surface area contributed by atoms with E-state index in [4.69, 9.17) is 5.11 Å². The average Bonchev–Trinajstić information content (AvgIpc) is 1.88. The van der Waals surface area contributed by atoms with Gasteiger partial charge in [0, 0.05) is 6.42 Å². The van der Waals surface area contributed by atoms with Crippen molar-refractivity contribution in [2.45, 2.75) is 6.42 Å². The van der Waals surface area contributed by atoms with Crippen molar-refractivity contribution in [1.82, 2.24) is 0 Å². The molecule has 0 radical (unpaired) electrons. The molecular weight excluding hydrogens is 124 g/mol. The largest absolute Gasteiger partial charge is 0.512 e. The number of allylic oxidation sites excluding steroid dienone is 6. The lowest BCUT2D eigenvalue weighted by Crippen LogP contribution is -1.88. The van der Waals surface area contributed by atoms with Crippen LogP contribution in [0.25, 0.3) is 0 Å². The third kappa shape index (κ3) is 1.62. The Morgan fingerprint density at radius 2 is 2.40 bits per heavy atom. The molecular formula is C9H10O. The van der Waals surface area contributed by atoms with Gasteiger partial charge in [0.1, 0.15) is 0 Å². The Morgan fingerprint density at radius 3 is 3.00 bits per heavy atom. The van der Waals surface area contributed by atoms with Crippen LogP contribution in [0.1, 0.15) is 6.42 Å². The Hall–Kier alpha value is -1.24. The molecule has 10 heavy (non-hydrogen) atoms. The summed E-state index contributed by atoms with van der Waals surface area (Å²) in [5.74, 6) is 0.413. The highest BCUT2D eigenvalue weighted by atomic mass is 16.3. The van der Waals surface area contributed by atoms with Crippen molar-refractivity contribution in [3.05, 3.63) is 48.3 Å². The summed E-state index contributed by atoms with van der Waals surface area (Å²) in [6, 6.07) is 0. The van der Waals surface area contributed by atoms with Gasteiger partial charge in [0.05, 0.1) is 5.76 Å². The molecule has 1 aliphatic carbocycles. The van der Waals surface area contributed by atoms with Crippen LogP contribution in [0.4, 0.5) is 0 Å². The fourth-order valence-electron chi connectivity index (χ4n) is 0.876. The van der Waals surface area contributed by atoms with Crippen LogP contribution in [0.5, 0.6) is 0 Å². The summed E-state index contributed by atoms with van der Waals surface area (Å²) in [5.41, 5.74) is 1.09. The minimum Gasteiger partial charge on any atom is -0.512 e. The van der Waals surface area contributed by atoms with E-state index in [0.717, 1.165) is 5.57 Å². The molecule has 1 heteroatoms. The Labute approximate surface area is 60.7 Å². The van der Waals surface area contributed by atoms with Gasteiger partial charge in [0.15, 0.2) is 0 Å². The number of rotatable bonds is 1. The fraction of sp³-hybridized carbons (Fsp3) is 0.111. The predicted molar refractivity (Wildman–Crippen MR) is 42.7 cm³/mol. The predicted octanol–water partition coefficient (Wildman–Crippen LogP) is 2.50. The maximum absolute atomic E-state index is 9.04. The Balaban J connectivity index is 2.72. The number of hydrogen-bond acceptors (Lipinski definition) is 1. The Bertz CT molecular complexity index is 219. The second-order valence-corrected chi connectivity index (χ2v) is 2.17. The first-order valence-electron chi connectivity index (χ1n) is 3.20. The molecule has 0 fully saturated rings. The molecule has 1 aliphatic rings. The summed E-state index contributed by atoms with van der Waals surface area (Å²) in [7, 11) is 0. The van der Waals surface area contributed by atoms with E-state index in [2.05, 4.69) is 6.58 Å². The molecule has 0 saturated heterocycles. The van der Waals surface area contributed by atoms with E-state index in [-0.39, 0.29) is 0 Å². The van der Waals surface area contributed by atoms with Crippen molar-refractivity contribution >= 4 is 0 Å². The van der Waals surface area contributed by atoms with E-state index in [1.807, 2.05) is 18.2 Å². The van der Waals surface area contributed by atoms with Crippen molar-refractivity contribution in [3.8, 4) is 0 Å².